The summed E-state index contributed by atoms with van der Waals surface area (Å²) in [5.41, 5.74) is 1.11. The standard InChI is InChI=1S/C25H33N5O3/c1-6-10-27-23-19(8-7-17-12-18(13-17)14-22(31)33-25(2,3)4)16-28-24(30-23)29-20-9-11-26-21(15-20)32-5/h9,11,15-18H,6,10,12-14H2,1-5H3,(H2,26,27,28,29,30). The number of carbonyl (C=O) groups excluding carboxylic acids is 1. The second kappa shape index (κ2) is 11.0. The predicted octanol–water partition coefficient (Wildman–Crippen LogP) is 4.56. The number of hydrogen-bond donors (Lipinski definition) is 2. The fourth-order valence-electron chi connectivity index (χ4n) is 3.46. The second-order valence-electron chi connectivity index (χ2n) is 9.19. The van der Waals surface area contributed by atoms with Gasteiger partial charge in [0.25, 0.3) is 0 Å². The lowest BCUT2D eigenvalue weighted by molar-refractivity contribution is -0.156. The van der Waals surface area contributed by atoms with Crippen LogP contribution in [-0.4, -0.2) is 40.2 Å². The number of nitrogens with zero attached hydrogens (tertiary/aromatic N) is 3. The molecule has 176 valence electrons. The molecule has 2 heterocycles. The van der Waals surface area contributed by atoms with Gasteiger partial charge in [0.15, 0.2) is 0 Å². The van der Waals surface area contributed by atoms with E-state index in [-0.39, 0.29) is 11.9 Å². The molecule has 8 heteroatoms. The molecule has 8 nitrogen and oxygen atoms in total. The van der Waals surface area contributed by atoms with Crippen LogP contribution in [0, 0.1) is 23.7 Å². The van der Waals surface area contributed by atoms with E-state index in [9.17, 15) is 4.79 Å². The van der Waals surface area contributed by atoms with Crippen molar-refractivity contribution in [2.45, 2.75) is 59.0 Å². The van der Waals surface area contributed by atoms with Gasteiger partial charge in [0.05, 0.1) is 18.9 Å². The van der Waals surface area contributed by atoms with Crippen molar-refractivity contribution in [2.75, 3.05) is 24.3 Å². The van der Waals surface area contributed by atoms with Gasteiger partial charge in [-0.15, -0.1) is 0 Å². The molecule has 2 aromatic rings. The summed E-state index contributed by atoms with van der Waals surface area (Å²) < 4.78 is 10.6. The molecule has 2 aromatic heterocycles. The first-order valence-corrected chi connectivity index (χ1v) is 11.4. The minimum atomic E-state index is -0.438. The lowest BCUT2D eigenvalue weighted by Gasteiger charge is -2.32. The Morgan fingerprint density at radius 2 is 2.06 bits per heavy atom. The molecule has 3 rings (SSSR count). The van der Waals surface area contributed by atoms with E-state index in [4.69, 9.17) is 9.47 Å². The van der Waals surface area contributed by atoms with Gasteiger partial charge in [0.1, 0.15) is 11.4 Å². The maximum Gasteiger partial charge on any atom is 0.306 e. The fraction of sp³-hybridized carbons (Fsp3) is 0.520. The van der Waals surface area contributed by atoms with Gasteiger partial charge in [-0.1, -0.05) is 18.8 Å². The number of carbonyl (C=O) groups is 1. The quantitative estimate of drug-likeness (QED) is 0.445. The number of esters is 1. The van der Waals surface area contributed by atoms with Gasteiger partial charge < -0.3 is 20.1 Å². The maximum absolute atomic E-state index is 12.0. The summed E-state index contributed by atoms with van der Waals surface area (Å²) in [6, 6.07) is 3.60. The van der Waals surface area contributed by atoms with Crippen LogP contribution in [0.2, 0.25) is 0 Å². The summed E-state index contributed by atoms with van der Waals surface area (Å²) in [6.45, 7) is 8.55. The molecule has 0 atom stereocenters. The summed E-state index contributed by atoms with van der Waals surface area (Å²) in [7, 11) is 1.57. The van der Waals surface area contributed by atoms with E-state index in [0.717, 1.165) is 37.1 Å². The van der Waals surface area contributed by atoms with Crippen LogP contribution in [0.1, 0.15) is 58.9 Å². The highest BCUT2D eigenvalue weighted by Crippen LogP contribution is 2.36. The molecule has 1 saturated carbocycles. The van der Waals surface area contributed by atoms with Crippen molar-refractivity contribution in [1.82, 2.24) is 15.0 Å². The Morgan fingerprint density at radius 3 is 2.76 bits per heavy atom. The van der Waals surface area contributed by atoms with Crippen molar-refractivity contribution in [3.8, 4) is 17.7 Å². The first kappa shape index (κ1) is 24.3. The average molecular weight is 452 g/mol. The number of ether oxygens (including phenoxy) is 2. The monoisotopic (exact) mass is 451 g/mol. The van der Waals surface area contributed by atoms with Gasteiger partial charge in [-0.3, -0.25) is 4.79 Å². The summed E-state index contributed by atoms with van der Waals surface area (Å²) in [5, 5.41) is 6.51. The Hall–Kier alpha value is -3.34. The van der Waals surface area contributed by atoms with E-state index in [1.165, 1.54) is 0 Å². The van der Waals surface area contributed by atoms with Crippen LogP contribution < -0.4 is 15.4 Å². The lowest BCUT2D eigenvalue weighted by Crippen LogP contribution is -2.29. The fourth-order valence-corrected chi connectivity index (χ4v) is 3.46. The average Bonchev–Trinajstić information content (AvgIpc) is 2.73. The molecule has 2 N–H and O–H groups in total. The number of nitrogens with one attached hydrogen (secondary N) is 2. The van der Waals surface area contributed by atoms with Crippen molar-refractivity contribution in [1.29, 1.82) is 0 Å². The highest BCUT2D eigenvalue weighted by Gasteiger charge is 2.31. The predicted molar refractivity (Wildman–Crippen MR) is 128 cm³/mol. The van der Waals surface area contributed by atoms with Gasteiger partial charge in [-0.05, 0) is 52.0 Å². The van der Waals surface area contributed by atoms with Crippen LogP contribution in [0.4, 0.5) is 17.5 Å². The third-order valence-electron chi connectivity index (χ3n) is 5.05. The molecule has 1 aliphatic carbocycles. The van der Waals surface area contributed by atoms with Gasteiger partial charge >= 0.3 is 5.97 Å². The van der Waals surface area contributed by atoms with Crippen molar-refractivity contribution in [3.63, 3.8) is 0 Å². The molecule has 0 aliphatic heterocycles. The first-order valence-electron chi connectivity index (χ1n) is 11.4. The van der Waals surface area contributed by atoms with Crippen molar-refractivity contribution in [3.05, 3.63) is 30.1 Å². The molecule has 1 fully saturated rings. The first-order chi connectivity index (χ1) is 15.8. The molecule has 0 unspecified atom stereocenters. The van der Waals surface area contributed by atoms with Crippen molar-refractivity contribution in [2.24, 2.45) is 11.8 Å². The molecule has 0 aromatic carbocycles. The largest absolute Gasteiger partial charge is 0.481 e. The van der Waals surface area contributed by atoms with E-state index in [2.05, 4.69) is 44.4 Å². The van der Waals surface area contributed by atoms with Crippen molar-refractivity contribution >= 4 is 23.4 Å². The third-order valence-corrected chi connectivity index (χ3v) is 5.05. The zero-order valence-electron chi connectivity index (χ0n) is 20.1. The molecular weight excluding hydrogens is 418 g/mol. The van der Waals surface area contributed by atoms with Gasteiger partial charge in [-0.2, -0.15) is 4.98 Å². The van der Waals surface area contributed by atoms with E-state index in [0.29, 0.717) is 30.0 Å². The summed E-state index contributed by atoms with van der Waals surface area (Å²) in [4.78, 5) is 25.1. The van der Waals surface area contributed by atoms with Crippen LogP contribution in [0.3, 0.4) is 0 Å². The van der Waals surface area contributed by atoms with Gasteiger partial charge in [-0.25, -0.2) is 9.97 Å². The zero-order valence-corrected chi connectivity index (χ0v) is 20.1. The minimum Gasteiger partial charge on any atom is -0.481 e. The number of methoxy groups -OCH3 is 1. The zero-order chi connectivity index (χ0) is 23.8. The van der Waals surface area contributed by atoms with Crippen LogP contribution in [0.5, 0.6) is 5.88 Å². The van der Waals surface area contributed by atoms with Crippen molar-refractivity contribution < 1.29 is 14.3 Å². The molecule has 0 amide bonds. The highest BCUT2D eigenvalue weighted by atomic mass is 16.6. The molecule has 33 heavy (non-hydrogen) atoms. The van der Waals surface area contributed by atoms with Crippen LogP contribution in [0.15, 0.2) is 24.5 Å². The summed E-state index contributed by atoms with van der Waals surface area (Å²) in [6.07, 6.45) is 6.64. The minimum absolute atomic E-state index is 0.131. The molecule has 0 saturated heterocycles. The third kappa shape index (κ3) is 7.63. The molecule has 1 aliphatic rings. The maximum atomic E-state index is 12.0. The van der Waals surface area contributed by atoms with E-state index < -0.39 is 5.60 Å². The van der Waals surface area contributed by atoms with E-state index in [1.807, 2.05) is 26.8 Å². The number of pyridine rings is 1. The Bertz CT molecular complexity index is 1020. The Labute approximate surface area is 195 Å². The smallest absolute Gasteiger partial charge is 0.306 e. The summed E-state index contributed by atoms with van der Waals surface area (Å²) in [5.74, 6) is 8.72. The van der Waals surface area contributed by atoms with Crippen LogP contribution in [-0.2, 0) is 9.53 Å². The lowest BCUT2D eigenvalue weighted by atomic mass is 9.73. The Kier molecular flexibility index (Phi) is 8.10. The Morgan fingerprint density at radius 1 is 1.27 bits per heavy atom. The molecule has 0 spiro atoms. The number of rotatable bonds is 8. The number of anilines is 3. The van der Waals surface area contributed by atoms with Crippen LogP contribution >= 0.6 is 0 Å². The van der Waals surface area contributed by atoms with Crippen LogP contribution in [0.25, 0.3) is 0 Å². The van der Waals surface area contributed by atoms with Gasteiger partial charge in [0, 0.05) is 36.8 Å². The summed E-state index contributed by atoms with van der Waals surface area (Å²) >= 11 is 0. The van der Waals surface area contributed by atoms with E-state index in [1.54, 1.807) is 25.6 Å². The topological polar surface area (TPSA) is 98.3 Å². The van der Waals surface area contributed by atoms with Gasteiger partial charge in [0.2, 0.25) is 11.8 Å². The number of hydrogen-bond acceptors (Lipinski definition) is 8. The molecular formula is C25H33N5O3. The van der Waals surface area contributed by atoms with E-state index >= 15 is 0 Å². The Balaban J connectivity index is 1.62. The second-order valence-corrected chi connectivity index (χ2v) is 9.19. The SMILES string of the molecule is CCCNc1nc(Nc2ccnc(OC)c2)ncc1C#CC1CC(CC(=O)OC(C)(C)C)C1. The highest BCUT2D eigenvalue weighted by molar-refractivity contribution is 5.70. The normalized spacial score (nSPS) is 17.2. The molecule has 0 bridgehead atoms. The molecule has 0 radical (unpaired) electrons. The number of aromatic nitrogens is 3.